The number of rotatable bonds is 2. The fourth-order valence-electron chi connectivity index (χ4n) is 1.02. The normalized spacial score (nSPS) is 18.3. The van der Waals surface area contributed by atoms with Gasteiger partial charge in [0.1, 0.15) is 0 Å². The lowest BCUT2D eigenvalue weighted by Crippen LogP contribution is -2.14. The first-order valence-corrected chi connectivity index (χ1v) is 4.27. The van der Waals surface area contributed by atoms with Gasteiger partial charge in [0.15, 0.2) is 0 Å². The standard InChI is InChI=1S/C10H16N2/c1-8(11)9(2)12-10-6-4-3-5-7-10/h4,6-7,12H,3,5,11H2,1-2H3/b9-8-. The predicted octanol–water partition coefficient (Wildman–Crippen LogP) is 2.02. The van der Waals surface area contributed by atoms with Crippen molar-refractivity contribution in [3.8, 4) is 0 Å². The second kappa shape index (κ2) is 4.00. The summed E-state index contributed by atoms with van der Waals surface area (Å²) in [5.41, 5.74) is 8.65. The average Bonchev–Trinajstić information content (AvgIpc) is 2.06. The number of allylic oxidation sites excluding steroid dienone is 5. The van der Waals surface area contributed by atoms with Crippen LogP contribution < -0.4 is 11.1 Å². The van der Waals surface area contributed by atoms with Crippen LogP contribution >= 0.6 is 0 Å². The topological polar surface area (TPSA) is 38.0 Å². The molecule has 0 aliphatic heterocycles. The Morgan fingerprint density at radius 3 is 2.67 bits per heavy atom. The molecular formula is C10H16N2. The van der Waals surface area contributed by atoms with Crippen LogP contribution in [0.3, 0.4) is 0 Å². The van der Waals surface area contributed by atoms with E-state index in [1.807, 2.05) is 13.8 Å². The lowest BCUT2D eigenvalue weighted by molar-refractivity contribution is 0.913. The predicted molar refractivity (Wildman–Crippen MR) is 52.2 cm³/mol. The first-order valence-electron chi connectivity index (χ1n) is 4.27. The Hall–Kier alpha value is -1.18. The lowest BCUT2D eigenvalue weighted by Gasteiger charge is -2.11. The van der Waals surface area contributed by atoms with Crippen LogP contribution in [0.5, 0.6) is 0 Å². The number of hydrogen-bond acceptors (Lipinski definition) is 2. The van der Waals surface area contributed by atoms with Crippen molar-refractivity contribution in [2.24, 2.45) is 5.73 Å². The maximum absolute atomic E-state index is 5.62. The van der Waals surface area contributed by atoms with Crippen molar-refractivity contribution in [1.82, 2.24) is 5.32 Å². The molecule has 0 aromatic rings. The summed E-state index contributed by atoms with van der Waals surface area (Å²) in [4.78, 5) is 0. The third-order valence-electron chi connectivity index (χ3n) is 1.92. The van der Waals surface area contributed by atoms with Gasteiger partial charge in [0.2, 0.25) is 0 Å². The van der Waals surface area contributed by atoms with Crippen LogP contribution in [0.25, 0.3) is 0 Å². The first kappa shape index (κ1) is 8.91. The number of hydrogen-bond donors (Lipinski definition) is 2. The summed E-state index contributed by atoms with van der Waals surface area (Å²) in [5, 5.41) is 3.25. The average molecular weight is 164 g/mol. The summed E-state index contributed by atoms with van der Waals surface area (Å²) in [7, 11) is 0. The molecule has 0 unspecified atom stereocenters. The van der Waals surface area contributed by atoms with E-state index < -0.39 is 0 Å². The zero-order valence-corrected chi connectivity index (χ0v) is 7.72. The summed E-state index contributed by atoms with van der Waals surface area (Å²) >= 11 is 0. The Morgan fingerprint density at radius 1 is 1.42 bits per heavy atom. The van der Waals surface area contributed by atoms with E-state index in [0.29, 0.717) is 0 Å². The molecule has 0 aromatic carbocycles. The van der Waals surface area contributed by atoms with Crippen LogP contribution in [0.15, 0.2) is 35.3 Å². The molecule has 0 aromatic heterocycles. The van der Waals surface area contributed by atoms with Crippen LogP contribution in [-0.4, -0.2) is 0 Å². The monoisotopic (exact) mass is 164 g/mol. The quantitative estimate of drug-likeness (QED) is 0.655. The Bertz CT molecular complexity index is 243. The molecule has 12 heavy (non-hydrogen) atoms. The van der Waals surface area contributed by atoms with E-state index >= 15 is 0 Å². The van der Waals surface area contributed by atoms with Crippen LogP contribution in [-0.2, 0) is 0 Å². The molecular weight excluding hydrogens is 148 g/mol. The highest BCUT2D eigenvalue weighted by molar-refractivity contribution is 5.25. The highest BCUT2D eigenvalue weighted by Crippen LogP contribution is 2.08. The molecule has 2 heteroatoms. The molecule has 66 valence electrons. The van der Waals surface area contributed by atoms with Gasteiger partial charge in [-0.15, -0.1) is 0 Å². The van der Waals surface area contributed by atoms with Crippen molar-refractivity contribution in [2.75, 3.05) is 0 Å². The van der Waals surface area contributed by atoms with E-state index in [1.165, 1.54) is 0 Å². The van der Waals surface area contributed by atoms with E-state index in [1.54, 1.807) is 0 Å². The van der Waals surface area contributed by atoms with Crippen LogP contribution in [0.4, 0.5) is 0 Å². The van der Waals surface area contributed by atoms with Crippen molar-refractivity contribution in [3.05, 3.63) is 35.3 Å². The lowest BCUT2D eigenvalue weighted by atomic mass is 10.1. The minimum Gasteiger partial charge on any atom is -0.401 e. The van der Waals surface area contributed by atoms with Crippen molar-refractivity contribution in [1.29, 1.82) is 0 Å². The maximum Gasteiger partial charge on any atom is 0.0338 e. The molecule has 0 amide bonds. The minimum atomic E-state index is 0.842. The van der Waals surface area contributed by atoms with Gasteiger partial charge < -0.3 is 11.1 Å². The fourth-order valence-corrected chi connectivity index (χ4v) is 1.02. The molecule has 0 spiro atoms. The SMILES string of the molecule is C/C(N)=C(\C)NC1=CCCC=C1. The third kappa shape index (κ3) is 2.46. The second-order valence-corrected chi connectivity index (χ2v) is 3.07. The molecule has 0 saturated carbocycles. The molecule has 0 heterocycles. The van der Waals surface area contributed by atoms with E-state index in [2.05, 4.69) is 23.5 Å². The van der Waals surface area contributed by atoms with Crippen molar-refractivity contribution < 1.29 is 0 Å². The van der Waals surface area contributed by atoms with E-state index in [4.69, 9.17) is 5.73 Å². The molecule has 0 bridgehead atoms. The highest BCUT2D eigenvalue weighted by atomic mass is 14.9. The van der Waals surface area contributed by atoms with Gasteiger partial charge in [-0.25, -0.2) is 0 Å². The Morgan fingerprint density at radius 2 is 2.17 bits per heavy atom. The summed E-state index contributed by atoms with van der Waals surface area (Å²) < 4.78 is 0. The summed E-state index contributed by atoms with van der Waals surface area (Å²) in [6.07, 6.45) is 8.72. The van der Waals surface area contributed by atoms with Crippen LogP contribution in [0.1, 0.15) is 26.7 Å². The Kier molecular flexibility index (Phi) is 2.97. The molecule has 0 radical (unpaired) electrons. The van der Waals surface area contributed by atoms with Crippen molar-refractivity contribution in [2.45, 2.75) is 26.7 Å². The van der Waals surface area contributed by atoms with Crippen molar-refractivity contribution >= 4 is 0 Å². The molecule has 0 fully saturated rings. The van der Waals surface area contributed by atoms with Gasteiger partial charge in [-0.05, 0) is 32.8 Å². The van der Waals surface area contributed by atoms with E-state index in [-0.39, 0.29) is 0 Å². The van der Waals surface area contributed by atoms with E-state index in [0.717, 1.165) is 29.9 Å². The molecule has 0 saturated heterocycles. The zero-order valence-electron chi connectivity index (χ0n) is 7.72. The third-order valence-corrected chi connectivity index (χ3v) is 1.92. The van der Waals surface area contributed by atoms with Gasteiger partial charge in [-0.2, -0.15) is 0 Å². The van der Waals surface area contributed by atoms with Crippen molar-refractivity contribution in [3.63, 3.8) is 0 Å². The number of nitrogens with two attached hydrogens (primary N) is 1. The zero-order chi connectivity index (χ0) is 8.97. The molecule has 0 atom stereocenters. The van der Waals surface area contributed by atoms with Gasteiger partial charge in [0.25, 0.3) is 0 Å². The second-order valence-electron chi connectivity index (χ2n) is 3.07. The minimum absolute atomic E-state index is 0.842. The van der Waals surface area contributed by atoms with Crippen LogP contribution in [0.2, 0.25) is 0 Å². The van der Waals surface area contributed by atoms with Gasteiger partial charge >= 0.3 is 0 Å². The van der Waals surface area contributed by atoms with Gasteiger partial charge in [0, 0.05) is 17.1 Å². The summed E-state index contributed by atoms with van der Waals surface area (Å²) in [6, 6.07) is 0. The molecule has 1 aliphatic carbocycles. The van der Waals surface area contributed by atoms with Gasteiger partial charge in [-0.1, -0.05) is 12.2 Å². The molecule has 2 nitrogen and oxygen atoms in total. The van der Waals surface area contributed by atoms with Gasteiger partial charge in [-0.3, -0.25) is 0 Å². The van der Waals surface area contributed by atoms with Gasteiger partial charge in [0.05, 0.1) is 0 Å². The summed E-state index contributed by atoms with van der Waals surface area (Å²) in [5.74, 6) is 0. The number of nitrogens with one attached hydrogen (secondary N) is 1. The highest BCUT2D eigenvalue weighted by Gasteiger charge is 1.97. The van der Waals surface area contributed by atoms with Crippen LogP contribution in [0, 0.1) is 0 Å². The largest absolute Gasteiger partial charge is 0.401 e. The first-order chi connectivity index (χ1) is 5.70. The van der Waals surface area contributed by atoms with E-state index in [9.17, 15) is 0 Å². The summed E-state index contributed by atoms with van der Waals surface area (Å²) in [6.45, 7) is 3.88. The molecule has 3 N–H and O–H groups in total. The molecule has 1 aliphatic rings. The smallest absolute Gasteiger partial charge is 0.0338 e. The maximum atomic E-state index is 5.62. The Labute approximate surface area is 73.8 Å². The molecule has 1 rings (SSSR count). The fraction of sp³-hybridized carbons (Fsp3) is 0.400. The Balaban J connectivity index is 2.57.